The van der Waals surface area contributed by atoms with Gasteiger partial charge in [-0.05, 0) is 32.7 Å². The third-order valence-electron chi connectivity index (χ3n) is 4.48. The van der Waals surface area contributed by atoms with E-state index in [9.17, 15) is 29.1 Å². The number of carbonyl (C=O) groups is 5. The highest BCUT2D eigenvalue weighted by atomic mass is 32.1. The number of aliphatic hydroxyl groups excluding tert-OH is 1. The number of aliphatic carboxylic acids is 1. The number of nitrogens with two attached hydrogens (primary N) is 3. The van der Waals surface area contributed by atoms with Gasteiger partial charge in [-0.3, -0.25) is 19.2 Å². The van der Waals surface area contributed by atoms with Crippen molar-refractivity contribution in [3.63, 3.8) is 0 Å². The number of thiol groups is 1. The van der Waals surface area contributed by atoms with Gasteiger partial charge in [0.05, 0.1) is 12.1 Å². The molecule has 0 aliphatic carbocycles. The molecule has 0 aromatic rings. The number of carboxylic acid groups (broad SMARTS) is 1. The van der Waals surface area contributed by atoms with Gasteiger partial charge in [0.25, 0.3) is 0 Å². The Bertz CT molecular complexity index is 664. The zero-order chi connectivity index (χ0) is 24.8. The van der Waals surface area contributed by atoms with Gasteiger partial charge in [-0.1, -0.05) is 6.42 Å². The van der Waals surface area contributed by atoms with E-state index in [1.54, 1.807) is 0 Å². The fraction of sp³-hybridized carbons (Fsp3) is 0.722. The maximum absolute atomic E-state index is 12.7. The summed E-state index contributed by atoms with van der Waals surface area (Å²) >= 11 is 3.98. The number of hydrogen-bond acceptors (Lipinski definition) is 9. The van der Waals surface area contributed by atoms with Crippen molar-refractivity contribution < 1.29 is 34.2 Å². The van der Waals surface area contributed by atoms with Crippen molar-refractivity contribution in [1.82, 2.24) is 16.0 Å². The lowest BCUT2D eigenvalue weighted by Gasteiger charge is -2.25. The second-order valence-corrected chi connectivity index (χ2v) is 7.63. The normalized spacial score (nSPS) is 15.5. The van der Waals surface area contributed by atoms with E-state index in [1.165, 1.54) is 6.92 Å². The Morgan fingerprint density at radius 1 is 0.938 bits per heavy atom. The summed E-state index contributed by atoms with van der Waals surface area (Å²) in [6.07, 6.45) is -0.133. The maximum atomic E-state index is 12.7. The van der Waals surface area contributed by atoms with Crippen molar-refractivity contribution in [2.75, 3.05) is 12.3 Å². The minimum Gasteiger partial charge on any atom is -0.480 e. The van der Waals surface area contributed by atoms with E-state index in [-0.39, 0.29) is 18.6 Å². The molecule has 0 rings (SSSR count). The standard InChI is InChI=1S/C18H34N6O7S/c1-9(25)14(18(30)31)24-17(29)12(8-32)23-16(28)11(5-6-13(21)26)22-15(27)10(20)4-2-3-7-19/h9-12,14,25,32H,2-8,19-20H2,1H3,(H2,21,26)(H,22,27)(H,23,28)(H,24,29)(H,30,31). The second kappa shape index (κ2) is 15.4. The molecule has 0 saturated heterocycles. The van der Waals surface area contributed by atoms with Crippen molar-refractivity contribution in [2.45, 2.75) is 69.3 Å². The Hall–Kier alpha value is -2.42. The SMILES string of the molecule is CC(O)C(NC(=O)C(CS)NC(=O)C(CCC(N)=O)NC(=O)C(N)CCCCN)C(=O)O. The van der Waals surface area contributed by atoms with E-state index in [0.717, 1.165) is 0 Å². The van der Waals surface area contributed by atoms with Crippen LogP contribution in [0.25, 0.3) is 0 Å². The van der Waals surface area contributed by atoms with E-state index < -0.39 is 59.9 Å². The van der Waals surface area contributed by atoms with Crippen LogP contribution in [0.2, 0.25) is 0 Å². The Morgan fingerprint density at radius 2 is 1.50 bits per heavy atom. The minimum absolute atomic E-state index is 0.144. The fourth-order valence-corrected chi connectivity index (χ4v) is 2.84. The third-order valence-corrected chi connectivity index (χ3v) is 4.85. The highest BCUT2D eigenvalue weighted by Crippen LogP contribution is 2.04. The van der Waals surface area contributed by atoms with E-state index >= 15 is 0 Å². The number of amides is 4. The molecule has 4 amide bonds. The smallest absolute Gasteiger partial charge is 0.328 e. The van der Waals surface area contributed by atoms with Crippen LogP contribution in [0.4, 0.5) is 0 Å². The van der Waals surface area contributed by atoms with Gasteiger partial charge in [0.1, 0.15) is 12.1 Å². The van der Waals surface area contributed by atoms with Crippen molar-refractivity contribution >= 4 is 42.2 Å². The molecule has 0 aromatic carbocycles. The van der Waals surface area contributed by atoms with Gasteiger partial charge in [0.15, 0.2) is 6.04 Å². The summed E-state index contributed by atoms with van der Waals surface area (Å²) in [5.41, 5.74) is 16.3. The van der Waals surface area contributed by atoms with Gasteiger partial charge < -0.3 is 43.4 Å². The molecule has 32 heavy (non-hydrogen) atoms. The van der Waals surface area contributed by atoms with Crippen LogP contribution in [-0.2, 0) is 24.0 Å². The molecule has 0 aromatic heterocycles. The fourth-order valence-electron chi connectivity index (χ4n) is 2.58. The Kier molecular flexibility index (Phi) is 14.2. The first kappa shape index (κ1) is 29.6. The van der Waals surface area contributed by atoms with Gasteiger partial charge in [-0.2, -0.15) is 12.6 Å². The Balaban J connectivity index is 5.23. The molecule has 13 nitrogen and oxygen atoms in total. The van der Waals surface area contributed by atoms with Crippen LogP contribution in [-0.4, -0.2) is 82.4 Å². The highest BCUT2D eigenvalue weighted by molar-refractivity contribution is 7.80. The average molecular weight is 479 g/mol. The predicted molar refractivity (Wildman–Crippen MR) is 118 cm³/mol. The van der Waals surface area contributed by atoms with Crippen LogP contribution in [0.5, 0.6) is 0 Å². The monoisotopic (exact) mass is 478 g/mol. The zero-order valence-corrected chi connectivity index (χ0v) is 18.8. The number of unbranched alkanes of at least 4 members (excludes halogenated alkanes) is 1. The lowest BCUT2D eigenvalue weighted by Crippen LogP contribution is -2.58. The van der Waals surface area contributed by atoms with Gasteiger partial charge in [-0.15, -0.1) is 0 Å². The number of hydrogen-bond donors (Lipinski definition) is 9. The lowest BCUT2D eigenvalue weighted by atomic mass is 10.1. The number of carboxylic acids is 1. The molecule has 5 atom stereocenters. The van der Waals surface area contributed by atoms with Gasteiger partial charge in [0, 0.05) is 12.2 Å². The molecule has 0 spiro atoms. The van der Waals surface area contributed by atoms with Gasteiger partial charge in [-0.25, -0.2) is 4.79 Å². The molecule has 0 saturated carbocycles. The van der Waals surface area contributed by atoms with Crippen molar-refractivity contribution in [3.8, 4) is 0 Å². The number of carbonyl (C=O) groups excluding carboxylic acids is 4. The number of rotatable bonds is 16. The Labute approximate surface area is 191 Å². The van der Waals surface area contributed by atoms with Crippen LogP contribution in [0.15, 0.2) is 0 Å². The van der Waals surface area contributed by atoms with Crippen LogP contribution in [0, 0.1) is 0 Å². The van der Waals surface area contributed by atoms with Crippen molar-refractivity contribution in [2.24, 2.45) is 17.2 Å². The maximum Gasteiger partial charge on any atom is 0.328 e. The topological polar surface area (TPSA) is 240 Å². The molecular weight excluding hydrogens is 444 g/mol. The summed E-state index contributed by atoms with van der Waals surface area (Å²) in [7, 11) is 0. The lowest BCUT2D eigenvalue weighted by molar-refractivity contribution is -0.145. The molecule has 11 N–H and O–H groups in total. The first-order valence-electron chi connectivity index (χ1n) is 10.1. The molecule has 0 heterocycles. The quantitative estimate of drug-likeness (QED) is 0.0790. The van der Waals surface area contributed by atoms with Crippen LogP contribution < -0.4 is 33.2 Å². The molecule has 0 radical (unpaired) electrons. The first-order valence-corrected chi connectivity index (χ1v) is 10.7. The second-order valence-electron chi connectivity index (χ2n) is 7.27. The summed E-state index contributed by atoms with van der Waals surface area (Å²) in [5.74, 6) is -4.72. The van der Waals surface area contributed by atoms with Crippen LogP contribution in [0.3, 0.4) is 0 Å². The van der Waals surface area contributed by atoms with Crippen molar-refractivity contribution in [1.29, 1.82) is 0 Å². The highest BCUT2D eigenvalue weighted by Gasteiger charge is 2.31. The summed E-state index contributed by atoms with van der Waals surface area (Å²) in [6, 6.07) is -5.01. The number of primary amides is 1. The zero-order valence-electron chi connectivity index (χ0n) is 18.0. The summed E-state index contributed by atoms with van der Waals surface area (Å²) in [5, 5.41) is 25.5. The third kappa shape index (κ3) is 11.3. The minimum atomic E-state index is -1.60. The largest absolute Gasteiger partial charge is 0.480 e. The van der Waals surface area contributed by atoms with Crippen LogP contribution >= 0.6 is 12.6 Å². The average Bonchev–Trinajstić information content (AvgIpc) is 2.71. The van der Waals surface area contributed by atoms with Gasteiger partial charge >= 0.3 is 5.97 Å². The number of aliphatic hydroxyl groups is 1. The summed E-state index contributed by atoms with van der Waals surface area (Å²) in [4.78, 5) is 59.7. The molecule has 5 unspecified atom stereocenters. The summed E-state index contributed by atoms with van der Waals surface area (Å²) < 4.78 is 0. The van der Waals surface area contributed by atoms with E-state index in [4.69, 9.17) is 22.3 Å². The molecule has 14 heteroatoms. The molecule has 184 valence electrons. The van der Waals surface area contributed by atoms with Crippen molar-refractivity contribution in [3.05, 3.63) is 0 Å². The number of nitrogens with one attached hydrogen (secondary N) is 3. The van der Waals surface area contributed by atoms with E-state index in [1.807, 2.05) is 0 Å². The van der Waals surface area contributed by atoms with Gasteiger partial charge in [0.2, 0.25) is 23.6 Å². The van der Waals surface area contributed by atoms with E-state index in [0.29, 0.717) is 25.8 Å². The predicted octanol–water partition coefficient (Wildman–Crippen LogP) is -3.44. The summed E-state index contributed by atoms with van der Waals surface area (Å²) in [6.45, 7) is 1.63. The molecule has 0 bridgehead atoms. The molecule has 0 aliphatic rings. The first-order chi connectivity index (χ1) is 14.9. The molecule has 0 aliphatic heterocycles. The van der Waals surface area contributed by atoms with E-state index in [2.05, 4.69) is 28.6 Å². The molecular formula is C18H34N6O7S. The Morgan fingerprint density at radius 3 is 1.97 bits per heavy atom. The molecule has 0 fully saturated rings. The van der Waals surface area contributed by atoms with Crippen LogP contribution in [0.1, 0.15) is 39.0 Å².